The first kappa shape index (κ1) is 13.8. The molecule has 0 amide bonds. The predicted octanol–water partition coefficient (Wildman–Crippen LogP) is 2.78. The molecule has 0 aliphatic carbocycles. The third-order valence-corrected chi connectivity index (χ3v) is 3.00. The van der Waals surface area contributed by atoms with Gasteiger partial charge in [0.25, 0.3) is 0 Å². The Hall–Kier alpha value is -1.63. The Morgan fingerprint density at radius 1 is 1.32 bits per heavy atom. The summed E-state index contributed by atoms with van der Waals surface area (Å²) < 4.78 is 6.22. The minimum Gasteiger partial charge on any atom is -0.460 e. The minimum atomic E-state index is 0.508. The second-order valence-electron chi connectivity index (χ2n) is 4.20. The molecule has 2 heterocycles. The molecule has 0 saturated carbocycles. The zero-order valence-electron chi connectivity index (χ0n) is 11.1. The molecule has 19 heavy (non-hydrogen) atoms. The van der Waals surface area contributed by atoms with Crippen LogP contribution in [0.3, 0.4) is 0 Å². The van der Waals surface area contributed by atoms with Gasteiger partial charge in [0, 0.05) is 20.6 Å². The molecule has 0 bridgehead atoms. The predicted molar refractivity (Wildman–Crippen MR) is 78.3 cm³/mol. The summed E-state index contributed by atoms with van der Waals surface area (Å²) in [5.41, 5.74) is 0. The van der Waals surface area contributed by atoms with Gasteiger partial charge in [-0.3, -0.25) is 0 Å². The Balaban J connectivity index is 2.42. The van der Waals surface area contributed by atoms with Crippen LogP contribution in [0.2, 0.25) is 0 Å². The molecule has 7 heteroatoms. The topological polar surface area (TPSA) is 67.1 Å². The number of rotatable bonds is 5. The molecule has 0 aromatic carbocycles. The van der Waals surface area contributed by atoms with Gasteiger partial charge < -0.3 is 14.6 Å². The van der Waals surface area contributed by atoms with E-state index >= 15 is 0 Å². The highest BCUT2D eigenvalue weighted by Crippen LogP contribution is 2.27. The van der Waals surface area contributed by atoms with E-state index in [0.717, 1.165) is 17.4 Å². The van der Waals surface area contributed by atoms with Crippen LogP contribution in [-0.2, 0) is 0 Å². The first-order valence-electron chi connectivity index (χ1n) is 6.02. The summed E-state index contributed by atoms with van der Waals surface area (Å²) in [6, 6.07) is 1.81. The van der Waals surface area contributed by atoms with Gasteiger partial charge in [0.1, 0.15) is 0 Å². The summed E-state index contributed by atoms with van der Waals surface area (Å²) in [7, 11) is 3.78. The Morgan fingerprint density at radius 3 is 2.68 bits per heavy atom. The summed E-state index contributed by atoms with van der Waals surface area (Å²) in [5.74, 6) is 2.25. The van der Waals surface area contributed by atoms with Gasteiger partial charge in [-0.2, -0.15) is 15.0 Å². The molecular weight excluding hydrogens is 310 g/mol. The number of anilines is 2. The minimum absolute atomic E-state index is 0.508. The first-order valence-corrected chi connectivity index (χ1v) is 6.81. The molecule has 0 unspecified atom stereocenters. The largest absolute Gasteiger partial charge is 0.460 e. The smallest absolute Gasteiger partial charge is 0.230 e. The number of aromatic nitrogens is 3. The molecule has 102 valence electrons. The van der Waals surface area contributed by atoms with Gasteiger partial charge >= 0.3 is 0 Å². The van der Waals surface area contributed by atoms with Crippen molar-refractivity contribution in [2.45, 2.75) is 13.3 Å². The quantitative estimate of drug-likeness (QED) is 0.911. The van der Waals surface area contributed by atoms with E-state index in [1.165, 1.54) is 0 Å². The van der Waals surface area contributed by atoms with Crippen LogP contribution < -0.4 is 10.2 Å². The van der Waals surface area contributed by atoms with Crippen LogP contribution >= 0.6 is 15.9 Å². The van der Waals surface area contributed by atoms with Crippen LogP contribution in [0.15, 0.2) is 21.2 Å². The zero-order chi connectivity index (χ0) is 13.8. The van der Waals surface area contributed by atoms with Crippen LogP contribution in [0.25, 0.3) is 11.6 Å². The standard InChI is InChI=1S/C12H16BrN5O/c1-4-6-14-11-15-10(9-8(13)5-7-19-9)16-12(17-11)18(2)3/h5,7H,4,6H2,1-3H3,(H,14,15,16,17). The number of nitrogens with one attached hydrogen (secondary N) is 1. The van der Waals surface area contributed by atoms with Crippen molar-refractivity contribution < 1.29 is 4.42 Å². The Bertz CT molecular complexity index is 555. The summed E-state index contributed by atoms with van der Waals surface area (Å²) in [4.78, 5) is 14.9. The van der Waals surface area contributed by atoms with E-state index in [9.17, 15) is 0 Å². The zero-order valence-corrected chi connectivity index (χ0v) is 12.7. The van der Waals surface area contributed by atoms with Crippen molar-refractivity contribution >= 4 is 27.8 Å². The van der Waals surface area contributed by atoms with E-state index < -0.39 is 0 Å². The van der Waals surface area contributed by atoms with Crippen molar-refractivity contribution in [2.24, 2.45) is 0 Å². The monoisotopic (exact) mass is 325 g/mol. The normalized spacial score (nSPS) is 10.5. The van der Waals surface area contributed by atoms with Gasteiger partial charge in [0.05, 0.1) is 10.7 Å². The maximum Gasteiger partial charge on any atom is 0.230 e. The SMILES string of the molecule is CCCNc1nc(-c2occc2Br)nc(N(C)C)n1. The second kappa shape index (κ2) is 6.01. The highest BCUT2D eigenvalue weighted by molar-refractivity contribution is 9.10. The van der Waals surface area contributed by atoms with Crippen LogP contribution in [0, 0.1) is 0 Å². The molecule has 2 aromatic rings. The molecule has 6 nitrogen and oxygen atoms in total. The van der Waals surface area contributed by atoms with Crippen molar-refractivity contribution in [3.8, 4) is 11.6 Å². The van der Waals surface area contributed by atoms with Crippen LogP contribution in [0.5, 0.6) is 0 Å². The molecule has 0 atom stereocenters. The number of halogens is 1. The maximum absolute atomic E-state index is 5.40. The van der Waals surface area contributed by atoms with E-state index in [-0.39, 0.29) is 0 Å². The number of furan rings is 1. The van der Waals surface area contributed by atoms with Crippen LogP contribution in [0.1, 0.15) is 13.3 Å². The fourth-order valence-corrected chi connectivity index (χ4v) is 1.81. The summed E-state index contributed by atoms with van der Waals surface area (Å²) >= 11 is 3.41. The number of hydrogen-bond donors (Lipinski definition) is 1. The molecular formula is C12H16BrN5O. The lowest BCUT2D eigenvalue weighted by molar-refractivity contribution is 0.575. The number of nitrogens with zero attached hydrogens (tertiary/aromatic N) is 4. The third-order valence-electron chi connectivity index (χ3n) is 2.38. The van der Waals surface area contributed by atoms with E-state index in [0.29, 0.717) is 23.5 Å². The molecule has 0 aliphatic heterocycles. The average molecular weight is 326 g/mol. The lowest BCUT2D eigenvalue weighted by Gasteiger charge is -2.12. The van der Waals surface area contributed by atoms with Gasteiger partial charge in [-0.15, -0.1) is 0 Å². The van der Waals surface area contributed by atoms with Gasteiger partial charge in [-0.05, 0) is 28.4 Å². The molecule has 0 spiro atoms. The lowest BCUT2D eigenvalue weighted by Crippen LogP contribution is -2.16. The highest BCUT2D eigenvalue weighted by Gasteiger charge is 2.14. The lowest BCUT2D eigenvalue weighted by atomic mass is 10.4. The van der Waals surface area contributed by atoms with Crippen LogP contribution in [-0.4, -0.2) is 35.6 Å². The first-order chi connectivity index (χ1) is 9.11. The summed E-state index contributed by atoms with van der Waals surface area (Å²) in [6.07, 6.45) is 2.60. The van der Waals surface area contributed by atoms with E-state index in [1.54, 1.807) is 6.26 Å². The van der Waals surface area contributed by atoms with E-state index in [4.69, 9.17) is 4.42 Å². The maximum atomic E-state index is 5.40. The van der Waals surface area contributed by atoms with E-state index in [1.807, 2.05) is 25.1 Å². The Kier molecular flexibility index (Phi) is 4.36. The van der Waals surface area contributed by atoms with Crippen molar-refractivity contribution in [3.05, 3.63) is 16.8 Å². The molecule has 0 fully saturated rings. The Labute approximate surface area is 120 Å². The molecule has 0 aliphatic rings. The third kappa shape index (κ3) is 3.23. The molecule has 0 saturated heterocycles. The van der Waals surface area contributed by atoms with Gasteiger partial charge in [-0.25, -0.2) is 0 Å². The summed E-state index contributed by atoms with van der Waals surface area (Å²) in [6.45, 7) is 2.90. The fourth-order valence-electron chi connectivity index (χ4n) is 1.44. The van der Waals surface area contributed by atoms with Gasteiger partial charge in [0.2, 0.25) is 17.7 Å². The fraction of sp³-hybridized carbons (Fsp3) is 0.417. The highest BCUT2D eigenvalue weighted by atomic mass is 79.9. The average Bonchev–Trinajstić information content (AvgIpc) is 2.82. The molecule has 1 N–H and O–H groups in total. The van der Waals surface area contributed by atoms with Crippen molar-refractivity contribution in [3.63, 3.8) is 0 Å². The summed E-state index contributed by atoms with van der Waals surface area (Å²) in [5, 5.41) is 3.17. The van der Waals surface area contributed by atoms with Crippen molar-refractivity contribution in [1.82, 2.24) is 15.0 Å². The number of hydrogen-bond acceptors (Lipinski definition) is 6. The molecule has 0 radical (unpaired) electrons. The second-order valence-corrected chi connectivity index (χ2v) is 5.06. The van der Waals surface area contributed by atoms with Crippen LogP contribution in [0.4, 0.5) is 11.9 Å². The van der Waals surface area contributed by atoms with Crippen molar-refractivity contribution in [2.75, 3.05) is 30.9 Å². The molecule has 2 rings (SSSR count). The molecule has 2 aromatic heterocycles. The Morgan fingerprint density at radius 2 is 2.11 bits per heavy atom. The van der Waals surface area contributed by atoms with E-state index in [2.05, 4.69) is 43.1 Å². The van der Waals surface area contributed by atoms with Crippen molar-refractivity contribution in [1.29, 1.82) is 0 Å². The van der Waals surface area contributed by atoms with Gasteiger partial charge in [-0.1, -0.05) is 6.92 Å². The van der Waals surface area contributed by atoms with Gasteiger partial charge in [0.15, 0.2) is 5.76 Å².